The van der Waals surface area contributed by atoms with Crippen LogP contribution in [0.1, 0.15) is 43.7 Å². The number of carbonyl (C=O) groups excluding carboxylic acids is 2. The molecule has 1 fully saturated rings. The Balaban J connectivity index is 1.47. The molecule has 0 unspecified atom stereocenters. The number of hydrogen-bond acceptors (Lipinski definition) is 5. The highest BCUT2D eigenvalue weighted by atomic mass is 35.5. The maximum Gasteiger partial charge on any atom is 0.409 e. The van der Waals surface area contributed by atoms with E-state index in [9.17, 15) is 9.59 Å². The number of nitrogens with zero attached hydrogens (tertiary/aromatic N) is 3. The van der Waals surface area contributed by atoms with Gasteiger partial charge in [-0.15, -0.1) is 11.3 Å². The van der Waals surface area contributed by atoms with E-state index in [0.29, 0.717) is 43.4 Å². The van der Waals surface area contributed by atoms with Crippen LogP contribution in [0.25, 0.3) is 21.6 Å². The van der Waals surface area contributed by atoms with Crippen LogP contribution in [0.3, 0.4) is 0 Å². The van der Waals surface area contributed by atoms with Crippen molar-refractivity contribution >= 4 is 34.9 Å². The Morgan fingerprint density at radius 3 is 2.40 bits per heavy atom. The van der Waals surface area contributed by atoms with Crippen LogP contribution in [0.4, 0.5) is 4.79 Å². The summed E-state index contributed by atoms with van der Waals surface area (Å²) in [5.41, 5.74) is 4.62. The first-order valence-electron chi connectivity index (χ1n) is 11.7. The molecule has 0 bridgehead atoms. The standard InChI is InChI=1S/C27H30ClN3O3S/c1-5-34-26(33)31-12-10-30(11-13-31)25(32)19-6-7-21(22(28)14-19)20-15-23(35-17-20)18-8-9-29-24(16-18)27(2,3)4/h6-9,14-17H,5,10-13H2,1-4H3. The van der Waals surface area contributed by atoms with Gasteiger partial charge in [-0.05, 0) is 53.8 Å². The van der Waals surface area contributed by atoms with Crippen LogP contribution in [0.5, 0.6) is 0 Å². The molecule has 1 aliphatic heterocycles. The third-order valence-corrected chi connectivity index (χ3v) is 7.32. The summed E-state index contributed by atoms with van der Waals surface area (Å²) in [5.74, 6) is -0.0838. The van der Waals surface area contributed by atoms with Crippen molar-refractivity contribution in [2.24, 2.45) is 0 Å². The van der Waals surface area contributed by atoms with Gasteiger partial charge in [0, 0.05) is 64.5 Å². The number of pyridine rings is 1. The lowest BCUT2D eigenvalue weighted by molar-refractivity contribution is 0.0570. The Bertz CT molecular complexity index is 1230. The third kappa shape index (κ3) is 5.68. The molecule has 2 amide bonds. The highest BCUT2D eigenvalue weighted by Crippen LogP contribution is 2.37. The molecule has 0 radical (unpaired) electrons. The fourth-order valence-corrected chi connectivity index (χ4v) is 5.19. The summed E-state index contributed by atoms with van der Waals surface area (Å²) >= 11 is 8.30. The van der Waals surface area contributed by atoms with Gasteiger partial charge in [-0.2, -0.15) is 0 Å². The molecule has 1 aromatic carbocycles. The first-order chi connectivity index (χ1) is 16.7. The second kappa shape index (κ2) is 10.4. The number of rotatable bonds is 4. The van der Waals surface area contributed by atoms with Gasteiger partial charge >= 0.3 is 6.09 Å². The molecule has 184 valence electrons. The number of aromatic nitrogens is 1. The van der Waals surface area contributed by atoms with Gasteiger partial charge in [0.15, 0.2) is 0 Å². The number of carbonyl (C=O) groups is 2. The minimum atomic E-state index is -0.330. The van der Waals surface area contributed by atoms with Crippen molar-refractivity contribution in [3.63, 3.8) is 0 Å². The molecule has 0 N–H and O–H groups in total. The van der Waals surface area contributed by atoms with Crippen LogP contribution >= 0.6 is 22.9 Å². The lowest BCUT2D eigenvalue weighted by Gasteiger charge is -2.34. The second-order valence-electron chi connectivity index (χ2n) is 9.55. The average Bonchev–Trinajstić information content (AvgIpc) is 3.33. The van der Waals surface area contributed by atoms with E-state index in [4.69, 9.17) is 16.3 Å². The Morgan fingerprint density at radius 2 is 1.74 bits per heavy atom. The zero-order valence-electron chi connectivity index (χ0n) is 20.5. The smallest absolute Gasteiger partial charge is 0.409 e. The lowest BCUT2D eigenvalue weighted by Crippen LogP contribution is -2.50. The molecule has 6 nitrogen and oxygen atoms in total. The number of thiophene rings is 1. The molecule has 3 heterocycles. The van der Waals surface area contributed by atoms with Crippen LogP contribution in [-0.2, 0) is 10.2 Å². The number of benzene rings is 1. The molecule has 0 aliphatic carbocycles. The monoisotopic (exact) mass is 511 g/mol. The molecule has 0 saturated carbocycles. The first-order valence-corrected chi connectivity index (χ1v) is 13.0. The lowest BCUT2D eigenvalue weighted by atomic mass is 9.90. The van der Waals surface area contributed by atoms with Gasteiger partial charge in [0.05, 0.1) is 6.61 Å². The Hall–Kier alpha value is -2.90. The number of halogens is 1. The molecule has 0 spiro atoms. The van der Waals surface area contributed by atoms with Crippen LogP contribution in [0, 0.1) is 0 Å². The van der Waals surface area contributed by atoms with Crippen molar-refractivity contribution in [3.8, 4) is 21.6 Å². The molecule has 3 aromatic rings. The Morgan fingerprint density at radius 1 is 1.03 bits per heavy atom. The van der Waals surface area contributed by atoms with Crippen molar-refractivity contribution in [1.82, 2.24) is 14.8 Å². The van der Waals surface area contributed by atoms with Crippen LogP contribution in [-0.4, -0.2) is 59.6 Å². The largest absolute Gasteiger partial charge is 0.450 e. The summed E-state index contributed by atoms with van der Waals surface area (Å²) < 4.78 is 5.05. The molecule has 8 heteroatoms. The van der Waals surface area contributed by atoms with E-state index in [0.717, 1.165) is 27.3 Å². The number of ether oxygens (including phenoxy) is 1. The van der Waals surface area contributed by atoms with Gasteiger partial charge in [0.1, 0.15) is 0 Å². The number of hydrogen-bond donors (Lipinski definition) is 0. The quantitative estimate of drug-likeness (QED) is 0.410. The van der Waals surface area contributed by atoms with E-state index in [1.807, 2.05) is 24.4 Å². The predicted molar refractivity (Wildman–Crippen MR) is 141 cm³/mol. The Labute approximate surface area is 215 Å². The van der Waals surface area contributed by atoms with Crippen LogP contribution < -0.4 is 0 Å². The summed E-state index contributed by atoms with van der Waals surface area (Å²) in [7, 11) is 0. The van der Waals surface area contributed by atoms with Crippen molar-refractivity contribution in [2.45, 2.75) is 33.1 Å². The summed E-state index contributed by atoms with van der Waals surface area (Å²) in [6, 6.07) is 11.8. The second-order valence-corrected chi connectivity index (χ2v) is 10.9. The molecule has 2 aromatic heterocycles. The van der Waals surface area contributed by atoms with E-state index >= 15 is 0 Å². The molecular formula is C27H30ClN3O3S. The van der Waals surface area contributed by atoms with Crippen molar-refractivity contribution < 1.29 is 14.3 Å². The normalized spacial score (nSPS) is 14.2. The first kappa shape index (κ1) is 25.2. The summed E-state index contributed by atoms with van der Waals surface area (Å²) in [6.45, 7) is 10.4. The fraction of sp³-hybridized carbons (Fsp3) is 0.370. The van der Waals surface area contributed by atoms with E-state index in [-0.39, 0.29) is 17.4 Å². The minimum Gasteiger partial charge on any atom is -0.450 e. The maximum atomic E-state index is 13.0. The van der Waals surface area contributed by atoms with Crippen LogP contribution in [0.2, 0.25) is 5.02 Å². The van der Waals surface area contributed by atoms with Gasteiger partial charge in [-0.1, -0.05) is 38.4 Å². The molecule has 1 saturated heterocycles. The van der Waals surface area contributed by atoms with E-state index in [1.165, 1.54) is 0 Å². The Kier molecular flexibility index (Phi) is 7.47. The predicted octanol–water partition coefficient (Wildman–Crippen LogP) is 6.34. The minimum absolute atomic E-state index is 0.0206. The molecule has 1 aliphatic rings. The SMILES string of the molecule is CCOC(=O)N1CCN(C(=O)c2ccc(-c3csc(-c4ccnc(C(C)(C)C)c4)c3)c(Cl)c2)CC1. The number of amides is 2. The van der Waals surface area contributed by atoms with Crippen LogP contribution in [0.15, 0.2) is 48.0 Å². The van der Waals surface area contributed by atoms with Gasteiger partial charge in [-0.25, -0.2) is 4.79 Å². The summed E-state index contributed by atoms with van der Waals surface area (Å²) in [4.78, 5) is 34.0. The highest BCUT2D eigenvalue weighted by Gasteiger charge is 2.26. The highest BCUT2D eigenvalue weighted by molar-refractivity contribution is 7.14. The zero-order valence-corrected chi connectivity index (χ0v) is 22.1. The topological polar surface area (TPSA) is 62.7 Å². The molecule has 35 heavy (non-hydrogen) atoms. The summed E-state index contributed by atoms with van der Waals surface area (Å²) in [6.07, 6.45) is 1.53. The van der Waals surface area contributed by atoms with Crippen molar-refractivity contribution in [2.75, 3.05) is 32.8 Å². The van der Waals surface area contributed by atoms with Gasteiger partial charge in [-0.3, -0.25) is 9.78 Å². The van der Waals surface area contributed by atoms with Crippen molar-refractivity contribution in [3.05, 3.63) is 64.3 Å². The van der Waals surface area contributed by atoms with E-state index < -0.39 is 0 Å². The molecular weight excluding hydrogens is 482 g/mol. The average molecular weight is 512 g/mol. The van der Waals surface area contributed by atoms with E-state index in [2.05, 4.69) is 43.3 Å². The zero-order chi connectivity index (χ0) is 25.2. The summed E-state index contributed by atoms with van der Waals surface area (Å²) in [5, 5.41) is 2.62. The molecule has 0 atom stereocenters. The number of piperazine rings is 1. The van der Waals surface area contributed by atoms with Gasteiger partial charge in [0.2, 0.25) is 0 Å². The van der Waals surface area contributed by atoms with E-state index in [1.54, 1.807) is 34.1 Å². The van der Waals surface area contributed by atoms with Crippen molar-refractivity contribution in [1.29, 1.82) is 0 Å². The molecule has 4 rings (SSSR count). The maximum absolute atomic E-state index is 13.0. The van der Waals surface area contributed by atoms with Gasteiger partial charge in [0.25, 0.3) is 5.91 Å². The fourth-order valence-electron chi connectivity index (χ4n) is 3.99. The van der Waals surface area contributed by atoms with Gasteiger partial charge < -0.3 is 14.5 Å². The third-order valence-electron chi connectivity index (χ3n) is 6.03.